The Hall–Kier alpha value is -2.53. The summed E-state index contributed by atoms with van der Waals surface area (Å²) < 4.78 is 11.5. The van der Waals surface area contributed by atoms with E-state index in [2.05, 4.69) is 0 Å². The number of para-hydroxylation sites is 2. The topological polar surface area (TPSA) is 59.0 Å². The fraction of sp³-hybridized carbons (Fsp3) is 0.435. The standard InChI is InChI=1S/C23H29NO4/c25-19-23(14-17-28-21-10-5-2-6-11-21)13-7-15-24(18-23)22(26)12-16-27-20-8-3-1-4-9-20/h1-6,8-11,25H,7,12-19H2/t23-/m1/s1. The molecule has 0 unspecified atom stereocenters. The SMILES string of the molecule is O=C(CCOc1ccccc1)N1CCC[C@@](CO)(CCOc2ccccc2)C1. The van der Waals surface area contributed by atoms with Gasteiger partial charge in [0.1, 0.15) is 11.5 Å². The minimum Gasteiger partial charge on any atom is -0.494 e. The molecule has 1 fully saturated rings. The Balaban J connectivity index is 1.47. The lowest BCUT2D eigenvalue weighted by atomic mass is 9.78. The molecule has 0 aromatic heterocycles. The molecule has 1 heterocycles. The average Bonchev–Trinajstić information content (AvgIpc) is 2.75. The van der Waals surface area contributed by atoms with Crippen molar-refractivity contribution < 1.29 is 19.4 Å². The molecule has 0 radical (unpaired) electrons. The van der Waals surface area contributed by atoms with Crippen LogP contribution in [0.4, 0.5) is 0 Å². The highest BCUT2D eigenvalue weighted by Gasteiger charge is 2.36. The molecule has 1 N–H and O–H groups in total. The summed E-state index contributed by atoms with van der Waals surface area (Å²) in [6.07, 6.45) is 2.88. The molecule has 3 rings (SSSR count). The summed E-state index contributed by atoms with van der Waals surface area (Å²) in [5.41, 5.74) is -0.289. The predicted molar refractivity (Wildman–Crippen MR) is 108 cm³/mol. The van der Waals surface area contributed by atoms with Crippen molar-refractivity contribution in [3.05, 3.63) is 60.7 Å². The zero-order valence-corrected chi connectivity index (χ0v) is 16.3. The molecule has 1 aliphatic rings. The summed E-state index contributed by atoms with van der Waals surface area (Å²) in [6, 6.07) is 19.2. The van der Waals surface area contributed by atoms with Crippen molar-refractivity contribution in [1.82, 2.24) is 4.90 Å². The van der Waals surface area contributed by atoms with Gasteiger partial charge in [-0.2, -0.15) is 0 Å². The summed E-state index contributed by atoms with van der Waals surface area (Å²) in [5, 5.41) is 10.0. The molecular formula is C23H29NO4. The van der Waals surface area contributed by atoms with E-state index in [-0.39, 0.29) is 17.9 Å². The van der Waals surface area contributed by atoms with Crippen LogP contribution in [-0.4, -0.2) is 48.8 Å². The number of rotatable bonds is 9. The lowest BCUT2D eigenvalue weighted by Crippen LogP contribution is -2.48. The number of aliphatic hydroxyl groups excluding tert-OH is 1. The van der Waals surface area contributed by atoms with Crippen molar-refractivity contribution in [2.24, 2.45) is 5.41 Å². The van der Waals surface area contributed by atoms with Crippen LogP contribution in [0.1, 0.15) is 25.7 Å². The molecule has 150 valence electrons. The number of hydrogen-bond donors (Lipinski definition) is 1. The summed E-state index contributed by atoms with van der Waals surface area (Å²) >= 11 is 0. The summed E-state index contributed by atoms with van der Waals surface area (Å²) in [5.74, 6) is 1.69. The van der Waals surface area contributed by atoms with Gasteiger partial charge < -0.3 is 19.5 Å². The number of benzene rings is 2. The van der Waals surface area contributed by atoms with E-state index in [1.807, 2.05) is 65.6 Å². The molecule has 28 heavy (non-hydrogen) atoms. The minimum atomic E-state index is -0.289. The normalized spacial score (nSPS) is 19.2. The van der Waals surface area contributed by atoms with Crippen molar-refractivity contribution in [1.29, 1.82) is 0 Å². The third-order valence-corrected chi connectivity index (χ3v) is 5.32. The van der Waals surface area contributed by atoms with Gasteiger partial charge in [0.05, 0.1) is 26.2 Å². The Kier molecular flexibility index (Phi) is 7.31. The van der Waals surface area contributed by atoms with E-state index in [1.54, 1.807) is 0 Å². The maximum atomic E-state index is 12.6. The minimum absolute atomic E-state index is 0.0649. The van der Waals surface area contributed by atoms with Gasteiger partial charge in [-0.15, -0.1) is 0 Å². The smallest absolute Gasteiger partial charge is 0.226 e. The molecule has 2 aromatic rings. The van der Waals surface area contributed by atoms with Crippen LogP contribution in [0.3, 0.4) is 0 Å². The highest BCUT2D eigenvalue weighted by molar-refractivity contribution is 5.76. The molecule has 1 saturated heterocycles. The number of ether oxygens (including phenoxy) is 2. The van der Waals surface area contributed by atoms with Gasteiger partial charge in [0.15, 0.2) is 0 Å². The number of amides is 1. The van der Waals surface area contributed by atoms with E-state index in [4.69, 9.17) is 9.47 Å². The molecule has 0 bridgehead atoms. The van der Waals surface area contributed by atoms with Gasteiger partial charge in [0.25, 0.3) is 0 Å². The van der Waals surface area contributed by atoms with E-state index in [0.29, 0.717) is 26.2 Å². The zero-order valence-electron chi connectivity index (χ0n) is 16.3. The second-order valence-corrected chi connectivity index (χ2v) is 7.40. The number of piperidine rings is 1. The van der Waals surface area contributed by atoms with E-state index < -0.39 is 0 Å². The van der Waals surface area contributed by atoms with Crippen molar-refractivity contribution in [2.45, 2.75) is 25.7 Å². The molecular weight excluding hydrogens is 354 g/mol. The molecule has 0 aliphatic carbocycles. The van der Waals surface area contributed by atoms with Gasteiger partial charge in [-0.05, 0) is 43.5 Å². The van der Waals surface area contributed by atoms with Gasteiger partial charge in [-0.3, -0.25) is 4.79 Å². The van der Waals surface area contributed by atoms with Crippen LogP contribution in [0.5, 0.6) is 11.5 Å². The maximum absolute atomic E-state index is 12.6. The molecule has 1 atom stereocenters. The average molecular weight is 383 g/mol. The highest BCUT2D eigenvalue weighted by Crippen LogP contribution is 2.33. The van der Waals surface area contributed by atoms with Gasteiger partial charge >= 0.3 is 0 Å². The first kappa shape index (κ1) is 20.2. The fourth-order valence-electron chi connectivity index (χ4n) is 3.67. The van der Waals surface area contributed by atoms with E-state index >= 15 is 0 Å². The van der Waals surface area contributed by atoms with Gasteiger partial charge in [0.2, 0.25) is 5.91 Å². The number of hydrogen-bond acceptors (Lipinski definition) is 4. The first-order valence-corrected chi connectivity index (χ1v) is 9.95. The van der Waals surface area contributed by atoms with E-state index in [1.165, 1.54) is 0 Å². The number of aliphatic hydroxyl groups is 1. The quantitative estimate of drug-likeness (QED) is 0.720. The Morgan fingerprint density at radius 1 is 0.964 bits per heavy atom. The third kappa shape index (κ3) is 5.73. The van der Waals surface area contributed by atoms with Crippen LogP contribution in [0.2, 0.25) is 0 Å². The zero-order chi connectivity index (χ0) is 19.7. The largest absolute Gasteiger partial charge is 0.494 e. The Bertz CT molecular complexity index is 722. The Morgan fingerprint density at radius 2 is 1.57 bits per heavy atom. The van der Waals surface area contributed by atoms with Crippen LogP contribution in [0.25, 0.3) is 0 Å². The number of nitrogens with zero attached hydrogens (tertiary/aromatic N) is 1. The van der Waals surface area contributed by atoms with Crippen LogP contribution in [-0.2, 0) is 4.79 Å². The lowest BCUT2D eigenvalue weighted by molar-refractivity contribution is -0.136. The third-order valence-electron chi connectivity index (χ3n) is 5.32. The van der Waals surface area contributed by atoms with Crippen LogP contribution >= 0.6 is 0 Å². The highest BCUT2D eigenvalue weighted by atomic mass is 16.5. The maximum Gasteiger partial charge on any atom is 0.226 e. The second-order valence-electron chi connectivity index (χ2n) is 7.40. The molecule has 5 nitrogen and oxygen atoms in total. The van der Waals surface area contributed by atoms with Crippen molar-refractivity contribution >= 4 is 5.91 Å². The number of carbonyl (C=O) groups is 1. The summed E-state index contributed by atoms with van der Waals surface area (Å²) in [4.78, 5) is 14.5. The molecule has 5 heteroatoms. The monoisotopic (exact) mass is 383 g/mol. The van der Waals surface area contributed by atoms with Crippen LogP contribution in [0, 0.1) is 5.41 Å². The predicted octanol–water partition coefficient (Wildman–Crippen LogP) is 3.53. The first-order valence-electron chi connectivity index (χ1n) is 9.95. The van der Waals surface area contributed by atoms with Crippen molar-refractivity contribution in [3.63, 3.8) is 0 Å². The fourth-order valence-corrected chi connectivity index (χ4v) is 3.67. The molecule has 1 amide bonds. The second kappa shape index (κ2) is 10.1. The van der Waals surface area contributed by atoms with Crippen molar-refractivity contribution in [2.75, 3.05) is 32.9 Å². The summed E-state index contributed by atoms with van der Waals surface area (Å²) in [7, 11) is 0. The van der Waals surface area contributed by atoms with E-state index in [0.717, 1.165) is 37.3 Å². The first-order chi connectivity index (χ1) is 13.7. The molecule has 0 spiro atoms. The Labute approximate surface area is 166 Å². The molecule has 2 aromatic carbocycles. The van der Waals surface area contributed by atoms with Crippen LogP contribution < -0.4 is 9.47 Å². The summed E-state index contributed by atoms with van der Waals surface area (Å²) in [6.45, 7) is 2.28. The van der Waals surface area contributed by atoms with Crippen LogP contribution in [0.15, 0.2) is 60.7 Å². The van der Waals surface area contributed by atoms with Gasteiger partial charge in [0, 0.05) is 18.5 Å². The molecule has 0 saturated carbocycles. The Morgan fingerprint density at radius 3 is 2.18 bits per heavy atom. The lowest BCUT2D eigenvalue weighted by Gasteiger charge is -2.42. The van der Waals surface area contributed by atoms with E-state index in [9.17, 15) is 9.90 Å². The molecule has 1 aliphatic heterocycles. The number of likely N-dealkylation sites (tertiary alicyclic amines) is 1. The number of carbonyl (C=O) groups excluding carboxylic acids is 1. The van der Waals surface area contributed by atoms with Crippen molar-refractivity contribution in [3.8, 4) is 11.5 Å². The van der Waals surface area contributed by atoms with Gasteiger partial charge in [-0.25, -0.2) is 0 Å². The van der Waals surface area contributed by atoms with Gasteiger partial charge in [-0.1, -0.05) is 36.4 Å².